The Kier molecular flexibility index (Phi) is 5.12. The summed E-state index contributed by atoms with van der Waals surface area (Å²) in [6.07, 6.45) is 4.67. The van der Waals surface area contributed by atoms with Crippen molar-refractivity contribution in [2.24, 2.45) is 0 Å². The quantitative estimate of drug-likeness (QED) is 0.508. The number of rotatable bonds is 4. The number of hydroxylamine groups is 2. The second kappa shape index (κ2) is 6.23. The van der Waals surface area contributed by atoms with E-state index < -0.39 is 5.54 Å². The molecule has 20 heavy (non-hydrogen) atoms. The number of amides is 1. The van der Waals surface area contributed by atoms with Gasteiger partial charge in [-0.1, -0.05) is 36.8 Å². The molecule has 1 rings (SSSR count). The molecule has 0 spiro atoms. The van der Waals surface area contributed by atoms with E-state index in [1.54, 1.807) is 0 Å². The maximum absolute atomic E-state index is 12.5. The van der Waals surface area contributed by atoms with Gasteiger partial charge in [-0.25, -0.2) is 5.06 Å². The van der Waals surface area contributed by atoms with Gasteiger partial charge in [0.25, 0.3) is 5.91 Å². The molecular formula is C17H25NO2. The van der Waals surface area contributed by atoms with Gasteiger partial charge in [0.2, 0.25) is 0 Å². The standard InChI is InChI=1S/C17H25NO2/c1-7-8-9-17(5,6)18(20)16(19)15-13(3)10-12(2)11-14(15)4/h8-11,20H,7H2,1-6H3/b9-8+. The summed E-state index contributed by atoms with van der Waals surface area (Å²) in [7, 11) is 0. The third kappa shape index (κ3) is 3.48. The molecule has 0 unspecified atom stereocenters. The largest absolute Gasteiger partial charge is 0.285 e. The fourth-order valence-electron chi connectivity index (χ4n) is 2.36. The number of nitrogens with zero attached hydrogens (tertiary/aromatic N) is 1. The van der Waals surface area contributed by atoms with Gasteiger partial charge >= 0.3 is 0 Å². The lowest BCUT2D eigenvalue weighted by Gasteiger charge is -2.31. The second-order valence-electron chi connectivity index (χ2n) is 5.85. The van der Waals surface area contributed by atoms with Gasteiger partial charge in [0.1, 0.15) is 0 Å². The lowest BCUT2D eigenvalue weighted by Crippen LogP contribution is -2.44. The Balaban J connectivity index is 3.16. The predicted octanol–water partition coefficient (Wildman–Crippen LogP) is 4.19. The zero-order valence-corrected chi connectivity index (χ0v) is 13.3. The predicted molar refractivity (Wildman–Crippen MR) is 82.1 cm³/mol. The van der Waals surface area contributed by atoms with Gasteiger partial charge < -0.3 is 0 Å². The monoisotopic (exact) mass is 275 g/mol. The van der Waals surface area contributed by atoms with Crippen LogP contribution in [0.2, 0.25) is 0 Å². The van der Waals surface area contributed by atoms with Gasteiger partial charge in [0.15, 0.2) is 0 Å². The van der Waals surface area contributed by atoms with Crippen LogP contribution in [-0.4, -0.2) is 21.7 Å². The van der Waals surface area contributed by atoms with Crippen molar-refractivity contribution in [3.63, 3.8) is 0 Å². The van der Waals surface area contributed by atoms with Gasteiger partial charge in [-0.2, -0.15) is 0 Å². The van der Waals surface area contributed by atoms with Crippen LogP contribution in [0.25, 0.3) is 0 Å². The Morgan fingerprint density at radius 3 is 2.20 bits per heavy atom. The van der Waals surface area contributed by atoms with E-state index in [9.17, 15) is 10.0 Å². The van der Waals surface area contributed by atoms with E-state index in [4.69, 9.17) is 0 Å². The number of aryl methyl sites for hydroxylation is 3. The van der Waals surface area contributed by atoms with Gasteiger partial charge in [-0.05, 0) is 52.2 Å². The molecule has 0 bridgehead atoms. The molecule has 3 heteroatoms. The van der Waals surface area contributed by atoms with Crippen molar-refractivity contribution < 1.29 is 10.0 Å². The van der Waals surface area contributed by atoms with Crippen molar-refractivity contribution >= 4 is 5.91 Å². The lowest BCUT2D eigenvalue weighted by molar-refractivity contribution is -0.105. The number of hydrogen-bond donors (Lipinski definition) is 1. The van der Waals surface area contributed by atoms with Crippen LogP contribution in [-0.2, 0) is 0 Å². The van der Waals surface area contributed by atoms with Crippen LogP contribution in [0, 0.1) is 20.8 Å². The topological polar surface area (TPSA) is 40.5 Å². The van der Waals surface area contributed by atoms with E-state index in [1.807, 2.05) is 65.8 Å². The maximum atomic E-state index is 12.5. The van der Waals surface area contributed by atoms with E-state index >= 15 is 0 Å². The number of carbonyl (C=O) groups excluding carboxylic acids is 1. The van der Waals surface area contributed by atoms with E-state index in [-0.39, 0.29) is 5.91 Å². The molecule has 0 heterocycles. The van der Waals surface area contributed by atoms with Crippen LogP contribution in [0.15, 0.2) is 24.3 Å². The van der Waals surface area contributed by atoms with Crippen LogP contribution >= 0.6 is 0 Å². The molecule has 1 aromatic rings. The molecule has 0 aliphatic carbocycles. The van der Waals surface area contributed by atoms with Crippen molar-refractivity contribution in [2.75, 3.05) is 0 Å². The summed E-state index contributed by atoms with van der Waals surface area (Å²) in [5.74, 6) is -0.356. The molecule has 0 aromatic heterocycles. The minimum atomic E-state index is -0.725. The van der Waals surface area contributed by atoms with Crippen LogP contribution in [0.3, 0.4) is 0 Å². The zero-order chi connectivity index (χ0) is 15.5. The average molecular weight is 275 g/mol. The van der Waals surface area contributed by atoms with E-state index in [2.05, 4.69) is 0 Å². The lowest BCUT2D eigenvalue weighted by atomic mass is 9.97. The van der Waals surface area contributed by atoms with Crippen LogP contribution in [0.4, 0.5) is 0 Å². The molecule has 3 nitrogen and oxygen atoms in total. The maximum Gasteiger partial charge on any atom is 0.278 e. The molecule has 110 valence electrons. The molecule has 0 radical (unpaired) electrons. The summed E-state index contributed by atoms with van der Waals surface area (Å²) >= 11 is 0. The van der Waals surface area contributed by atoms with Crippen molar-refractivity contribution in [1.82, 2.24) is 5.06 Å². The molecular weight excluding hydrogens is 250 g/mol. The smallest absolute Gasteiger partial charge is 0.278 e. The summed E-state index contributed by atoms with van der Waals surface area (Å²) in [6.45, 7) is 11.4. The fraction of sp³-hybridized carbons (Fsp3) is 0.471. The highest BCUT2D eigenvalue weighted by molar-refractivity contribution is 5.97. The Hall–Kier alpha value is -1.61. The highest BCUT2D eigenvalue weighted by atomic mass is 16.5. The third-order valence-corrected chi connectivity index (χ3v) is 3.39. The first-order valence-electron chi connectivity index (χ1n) is 6.99. The van der Waals surface area contributed by atoms with Crippen molar-refractivity contribution in [2.45, 2.75) is 53.5 Å². The molecule has 0 saturated heterocycles. The minimum absolute atomic E-state index is 0.356. The number of benzene rings is 1. The summed E-state index contributed by atoms with van der Waals surface area (Å²) in [4.78, 5) is 12.5. The minimum Gasteiger partial charge on any atom is -0.285 e. The third-order valence-electron chi connectivity index (χ3n) is 3.39. The summed E-state index contributed by atoms with van der Waals surface area (Å²) < 4.78 is 0. The highest BCUT2D eigenvalue weighted by Gasteiger charge is 2.29. The Morgan fingerprint density at radius 2 is 1.75 bits per heavy atom. The van der Waals surface area contributed by atoms with E-state index in [1.165, 1.54) is 0 Å². The van der Waals surface area contributed by atoms with E-state index in [0.717, 1.165) is 28.2 Å². The molecule has 0 aliphatic rings. The average Bonchev–Trinajstić information content (AvgIpc) is 2.34. The van der Waals surface area contributed by atoms with Crippen molar-refractivity contribution in [1.29, 1.82) is 0 Å². The highest BCUT2D eigenvalue weighted by Crippen LogP contribution is 2.22. The number of hydrogen-bond acceptors (Lipinski definition) is 2. The van der Waals surface area contributed by atoms with E-state index in [0.29, 0.717) is 5.56 Å². The van der Waals surface area contributed by atoms with Crippen LogP contribution in [0.1, 0.15) is 54.2 Å². The summed E-state index contributed by atoms with van der Waals surface area (Å²) in [5, 5.41) is 11.1. The van der Waals surface area contributed by atoms with Crippen LogP contribution in [0.5, 0.6) is 0 Å². The van der Waals surface area contributed by atoms with Crippen molar-refractivity contribution in [3.8, 4) is 0 Å². The first-order valence-corrected chi connectivity index (χ1v) is 6.99. The Morgan fingerprint density at radius 1 is 1.25 bits per heavy atom. The second-order valence-corrected chi connectivity index (χ2v) is 5.85. The van der Waals surface area contributed by atoms with Gasteiger partial charge in [-0.3, -0.25) is 10.0 Å². The van der Waals surface area contributed by atoms with Crippen LogP contribution < -0.4 is 0 Å². The zero-order valence-electron chi connectivity index (χ0n) is 13.3. The molecule has 1 amide bonds. The number of allylic oxidation sites excluding steroid dienone is 1. The summed E-state index contributed by atoms with van der Waals surface area (Å²) in [5.41, 5.74) is 2.75. The molecule has 0 atom stereocenters. The number of carbonyl (C=O) groups is 1. The molecule has 0 fully saturated rings. The molecule has 0 aliphatic heterocycles. The van der Waals surface area contributed by atoms with Gasteiger partial charge in [0.05, 0.1) is 5.54 Å². The Labute approximate surface area is 121 Å². The molecule has 1 N–H and O–H groups in total. The fourth-order valence-corrected chi connectivity index (χ4v) is 2.36. The first kappa shape index (κ1) is 16.4. The Bertz CT molecular complexity index is 507. The van der Waals surface area contributed by atoms with Gasteiger partial charge in [-0.15, -0.1) is 0 Å². The molecule has 0 saturated carbocycles. The SMILES string of the molecule is CC/C=C/C(C)(C)N(O)C(=O)c1c(C)cc(C)cc1C. The first-order chi connectivity index (χ1) is 9.20. The normalized spacial score (nSPS) is 11.9. The summed E-state index contributed by atoms with van der Waals surface area (Å²) in [6, 6.07) is 3.92. The molecule has 1 aromatic carbocycles. The van der Waals surface area contributed by atoms with Gasteiger partial charge in [0, 0.05) is 5.56 Å². The van der Waals surface area contributed by atoms with Crippen molar-refractivity contribution in [3.05, 3.63) is 46.5 Å².